The molecule has 1 aromatic rings. The maximum absolute atomic E-state index is 10.5. The average Bonchev–Trinajstić information content (AvgIpc) is 2.74. The Balaban J connectivity index is 0.000000231. The molecule has 2 rings (SSSR count). The predicted molar refractivity (Wildman–Crippen MR) is 86.8 cm³/mol. The molecule has 1 fully saturated rings. The molecule has 1 aromatic carbocycles. The highest BCUT2D eigenvalue weighted by Gasteiger charge is 2.39. The van der Waals surface area contributed by atoms with Crippen molar-refractivity contribution in [2.24, 2.45) is 0 Å². The van der Waals surface area contributed by atoms with Gasteiger partial charge in [0.1, 0.15) is 6.10 Å². The molecule has 0 unspecified atom stereocenters. The van der Waals surface area contributed by atoms with E-state index in [1.807, 2.05) is 20.8 Å². The maximum atomic E-state index is 10.5. The van der Waals surface area contributed by atoms with Gasteiger partial charge in [-0.2, -0.15) is 8.42 Å². The van der Waals surface area contributed by atoms with Gasteiger partial charge in [-0.05, 0) is 39.3 Å². The van der Waals surface area contributed by atoms with Gasteiger partial charge in [0.15, 0.2) is 5.79 Å². The van der Waals surface area contributed by atoms with Gasteiger partial charge >= 0.3 is 0 Å². The van der Waals surface area contributed by atoms with Crippen LogP contribution < -0.4 is 0 Å². The smallest absolute Gasteiger partial charge is 0.294 e. The minimum Gasteiger partial charge on any atom is -0.394 e. The summed E-state index contributed by atoms with van der Waals surface area (Å²) in [6, 6.07) is 5.99. The van der Waals surface area contributed by atoms with E-state index in [4.69, 9.17) is 19.1 Å². The van der Waals surface area contributed by atoms with Crippen molar-refractivity contribution in [2.75, 3.05) is 6.61 Å². The van der Waals surface area contributed by atoms with E-state index in [0.29, 0.717) is 0 Å². The zero-order valence-corrected chi connectivity index (χ0v) is 14.8. The SMILES string of the molecule is CCC[C@H]1OC(C)(C)O[C@@H]1CO.Cc1ccc(S(=O)(=O)O)cc1. The molecule has 6 nitrogen and oxygen atoms in total. The fraction of sp³-hybridized carbons (Fsp3) is 0.625. The van der Waals surface area contributed by atoms with Crippen molar-refractivity contribution in [1.82, 2.24) is 0 Å². The summed E-state index contributed by atoms with van der Waals surface area (Å²) in [6.45, 7) is 7.75. The molecule has 0 spiro atoms. The first-order valence-corrected chi connectivity index (χ1v) is 9.03. The molecular formula is C16H26O6S. The molecule has 0 bridgehead atoms. The summed E-state index contributed by atoms with van der Waals surface area (Å²) in [7, 11) is -4.02. The van der Waals surface area contributed by atoms with Crippen LogP contribution >= 0.6 is 0 Å². The largest absolute Gasteiger partial charge is 0.394 e. The van der Waals surface area contributed by atoms with E-state index >= 15 is 0 Å². The number of aliphatic hydroxyl groups excluding tert-OH is 1. The van der Waals surface area contributed by atoms with Gasteiger partial charge in [-0.15, -0.1) is 0 Å². The van der Waals surface area contributed by atoms with Crippen LogP contribution in [0.3, 0.4) is 0 Å². The van der Waals surface area contributed by atoms with Gasteiger partial charge in [-0.3, -0.25) is 4.55 Å². The number of ether oxygens (including phenoxy) is 2. The average molecular weight is 346 g/mol. The van der Waals surface area contributed by atoms with E-state index in [-0.39, 0.29) is 23.7 Å². The summed E-state index contributed by atoms with van der Waals surface area (Å²) in [5, 5.41) is 8.99. The Morgan fingerprint density at radius 2 is 1.65 bits per heavy atom. The van der Waals surface area contributed by atoms with Crippen molar-refractivity contribution < 1.29 is 27.6 Å². The molecule has 1 saturated heterocycles. The van der Waals surface area contributed by atoms with Crippen molar-refractivity contribution in [3.63, 3.8) is 0 Å². The van der Waals surface area contributed by atoms with Gasteiger partial charge < -0.3 is 14.6 Å². The number of aryl methyl sites for hydroxylation is 1. The molecule has 0 aliphatic carbocycles. The molecule has 0 radical (unpaired) electrons. The first kappa shape index (κ1) is 20.1. The van der Waals surface area contributed by atoms with Crippen LogP contribution in [0.4, 0.5) is 0 Å². The molecule has 2 N–H and O–H groups in total. The van der Waals surface area contributed by atoms with Gasteiger partial charge in [0.2, 0.25) is 0 Å². The van der Waals surface area contributed by atoms with Gasteiger partial charge in [-0.25, -0.2) is 0 Å². The third-order valence-corrected chi connectivity index (χ3v) is 4.22. The van der Waals surface area contributed by atoms with Crippen LogP contribution in [0.2, 0.25) is 0 Å². The fourth-order valence-corrected chi connectivity index (χ4v) is 2.78. The third-order valence-electron chi connectivity index (χ3n) is 3.36. The number of rotatable bonds is 4. The standard InChI is InChI=1S/C9H18O3.C7H8O3S/c1-4-5-7-8(6-10)12-9(2,3)11-7;1-6-2-4-7(5-3-6)11(8,9)10/h7-8,10H,4-6H2,1-3H3;2-5H,1H3,(H,8,9,10)/t7-,8-;/m1./s1. The van der Waals surface area contributed by atoms with E-state index in [2.05, 4.69) is 6.92 Å². The van der Waals surface area contributed by atoms with Crippen molar-refractivity contribution in [3.05, 3.63) is 29.8 Å². The second kappa shape index (κ2) is 8.21. The second-order valence-corrected chi connectivity index (χ2v) is 7.39. The van der Waals surface area contributed by atoms with E-state index < -0.39 is 15.9 Å². The highest BCUT2D eigenvalue weighted by atomic mass is 32.2. The topological polar surface area (TPSA) is 93.1 Å². The molecule has 7 heteroatoms. The minimum atomic E-state index is -4.02. The first-order chi connectivity index (χ1) is 10.6. The molecule has 0 saturated carbocycles. The molecule has 2 atom stereocenters. The van der Waals surface area contributed by atoms with E-state index in [1.54, 1.807) is 12.1 Å². The summed E-state index contributed by atoms with van der Waals surface area (Å²) in [5.41, 5.74) is 0.956. The highest BCUT2D eigenvalue weighted by Crippen LogP contribution is 2.30. The van der Waals surface area contributed by atoms with Crippen molar-refractivity contribution >= 4 is 10.1 Å². The molecule has 1 aliphatic heterocycles. The second-order valence-electron chi connectivity index (χ2n) is 5.97. The van der Waals surface area contributed by atoms with Crippen LogP contribution in [0.1, 0.15) is 39.2 Å². The van der Waals surface area contributed by atoms with Crippen LogP contribution in [-0.2, 0) is 19.6 Å². The third kappa shape index (κ3) is 6.56. The Bertz CT molecular complexity index is 579. The van der Waals surface area contributed by atoms with Crippen LogP contribution in [0.25, 0.3) is 0 Å². The maximum Gasteiger partial charge on any atom is 0.294 e. The molecule has 132 valence electrons. The summed E-state index contributed by atoms with van der Waals surface area (Å²) in [4.78, 5) is -0.0666. The zero-order chi connectivity index (χ0) is 17.7. The quantitative estimate of drug-likeness (QED) is 0.814. The lowest BCUT2D eigenvalue weighted by molar-refractivity contribution is -0.149. The fourth-order valence-electron chi connectivity index (χ4n) is 2.30. The summed E-state index contributed by atoms with van der Waals surface area (Å²) in [5.74, 6) is -0.521. The Kier molecular flexibility index (Phi) is 7.16. The van der Waals surface area contributed by atoms with Crippen LogP contribution in [0.5, 0.6) is 0 Å². The van der Waals surface area contributed by atoms with E-state index in [1.165, 1.54) is 12.1 Å². The minimum absolute atomic E-state index is 0.0497. The lowest BCUT2D eigenvalue weighted by Crippen LogP contribution is -2.25. The number of hydrogen-bond donors (Lipinski definition) is 2. The van der Waals surface area contributed by atoms with E-state index in [0.717, 1.165) is 18.4 Å². The zero-order valence-electron chi connectivity index (χ0n) is 14.0. The molecule has 1 heterocycles. The predicted octanol–water partition coefficient (Wildman–Crippen LogP) is 2.54. The number of hydrogen-bond acceptors (Lipinski definition) is 5. The van der Waals surface area contributed by atoms with Gasteiger partial charge in [-0.1, -0.05) is 31.0 Å². The normalized spacial score (nSPS) is 23.2. The molecule has 0 amide bonds. The van der Waals surface area contributed by atoms with Crippen molar-refractivity contribution in [3.8, 4) is 0 Å². The van der Waals surface area contributed by atoms with Gasteiger partial charge in [0.05, 0.1) is 17.6 Å². The van der Waals surface area contributed by atoms with Crippen LogP contribution in [-0.4, -0.2) is 42.7 Å². The summed E-state index contributed by atoms with van der Waals surface area (Å²) < 4.78 is 40.7. The van der Waals surface area contributed by atoms with Crippen molar-refractivity contribution in [2.45, 2.75) is 63.4 Å². The highest BCUT2D eigenvalue weighted by molar-refractivity contribution is 7.85. The van der Waals surface area contributed by atoms with Gasteiger partial charge in [0, 0.05) is 0 Å². The Morgan fingerprint density at radius 1 is 1.13 bits per heavy atom. The lowest BCUT2D eigenvalue weighted by atomic mass is 10.1. The first-order valence-electron chi connectivity index (χ1n) is 7.59. The Morgan fingerprint density at radius 3 is 2.09 bits per heavy atom. The molecular weight excluding hydrogens is 320 g/mol. The van der Waals surface area contributed by atoms with Gasteiger partial charge in [0.25, 0.3) is 10.1 Å². The molecule has 0 aromatic heterocycles. The number of aliphatic hydroxyl groups is 1. The molecule has 1 aliphatic rings. The van der Waals surface area contributed by atoms with Crippen LogP contribution in [0.15, 0.2) is 29.2 Å². The van der Waals surface area contributed by atoms with Crippen LogP contribution in [0, 0.1) is 6.92 Å². The van der Waals surface area contributed by atoms with Crippen molar-refractivity contribution in [1.29, 1.82) is 0 Å². The lowest BCUT2D eigenvalue weighted by Gasteiger charge is -2.16. The Labute approximate surface area is 138 Å². The summed E-state index contributed by atoms with van der Waals surface area (Å²) in [6.07, 6.45) is 1.94. The number of benzene rings is 1. The van der Waals surface area contributed by atoms with E-state index in [9.17, 15) is 8.42 Å². The summed E-state index contributed by atoms with van der Waals surface area (Å²) >= 11 is 0. The Hall–Kier alpha value is -0.990. The monoisotopic (exact) mass is 346 g/mol. The molecule has 23 heavy (non-hydrogen) atoms.